The van der Waals surface area contributed by atoms with Gasteiger partial charge in [0.1, 0.15) is 5.76 Å². The van der Waals surface area contributed by atoms with Gasteiger partial charge in [0, 0.05) is 23.6 Å². The smallest absolute Gasteiger partial charge is 0.200 e. The standard InChI is InChI=1S/C18H19NO4/c1-19-6-5-18-14-9-3-4-13(22-2)16(14)23-17(18)12(21)8-11(20)15(18)10(19)7-9/h3-4,8,10,15,17,20H,5-7H2,1-2H3/t10-,15-,17+,18-/m1/s1. The molecule has 2 bridgehead atoms. The molecule has 1 saturated heterocycles. The summed E-state index contributed by atoms with van der Waals surface area (Å²) in [6.45, 7) is 0.900. The third kappa shape index (κ3) is 1.36. The molecule has 2 aliphatic carbocycles. The summed E-state index contributed by atoms with van der Waals surface area (Å²) in [5.74, 6) is 1.39. The predicted molar refractivity (Wildman–Crippen MR) is 83.0 cm³/mol. The fourth-order valence-electron chi connectivity index (χ4n) is 5.35. The number of benzene rings is 1. The van der Waals surface area contributed by atoms with Gasteiger partial charge < -0.3 is 19.5 Å². The van der Waals surface area contributed by atoms with Crippen LogP contribution in [0, 0.1) is 5.92 Å². The second-order valence-corrected chi connectivity index (χ2v) is 7.12. The van der Waals surface area contributed by atoms with Gasteiger partial charge in [-0.05, 0) is 38.1 Å². The van der Waals surface area contributed by atoms with Crippen molar-refractivity contribution in [3.63, 3.8) is 0 Å². The maximum absolute atomic E-state index is 12.6. The highest BCUT2D eigenvalue weighted by Gasteiger charge is 2.66. The topological polar surface area (TPSA) is 59.0 Å². The van der Waals surface area contributed by atoms with Gasteiger partial charge in [0.05, 0.1) is 12.5 Å². The van der Waals surface area contributed by atoms with E-state index in [1.165, 1.54) is 11.6 Å². The van der Waals surface area contributed by atoms with Crippen LogP contribution in [0.3, 0.4) is 0 Å². The number of rotatable bonds is 1. The molecule has 1 N–H and O–H groups in total. The number of likely N-dealkylation sites (tertiary alicyclic amines) is 1. The number of nitrogens with zero attached hydrogens (tertiary/aromatic N) is 1. The van der Waals surface area contributed by atoms with E-state index in [0.717, 1.165) is 24.9 Å². The average molecular weight is 313 g/mol. The highest BCUT2D eigenvalue weighted by atomic mass is 16.5. The van der Waals surface area contributed by atoms with Crippen LogP contribution < -0.4 is 9.47 Å². The van der Waals surface area contributed by atoms with Gasteiger partial charge in [-0.3, -0.25) is 4.79 Å². The molecule has 5 rings (SSSR count). The number of carbonyl (C=O) groups excluding carboxylic acids is 1. The van der Waals surface area contributed by atoms with Crippen LogP contribution >= 0.6 is 0 Å². The van der Waals surface area contributed by atoms with E-state index in [4.69, 9.17) is 9.47 Å². The zero-order valence-electron chi connectivity index (χ0n) is 13.2. The Hall–Kier alpha value is -2.01. The minimum absolute atomic E-state index is 0.0789. The van der Waals surface area contributed by atoms with E-state index >= 15 is 0 Å². The summed E-state index contributed by atoms with van der Waals surface area (Å²) in [5, 5.41) is 10.6. The molecule has 0 aromatic heterocycles. The van der Waals surface area contributed by atoms with Crippen LogP contribution in [0.4, 0.5) is 0 Å². The number of hydrogen-bond acceptors (Lipinski definition) is 5. The van der Waals surface area contributed by atoms with Crippen LogP contribution in [-0.4, -0.2) is 48.6 Å². The van der Waals surface area contributed by atoms with Gasteiger partial charge in [0.15, 0.2) is 23.4 Å². The Morgan fingerprint density at radius 2 is 2.26 bits per heavy atom. The number of ketones is 1. The summed E-state index contributed by atoms with van der Waals surface area (Å²) in [4.78, 5) is 14.9. The van der Waals surface area contributed by atoms with Crippen molar-refractivity contribution in [2.24, 2.45) is 5.92 Å². The molecule has 1 spiro atoms. The first-order chi connectivity index (χ1) is 11.1. The van der Waals surface area contributed by atoms with Gasteiger partial charge >= 0.3 is 0 Å². The molecular formula is C18H19NO4. The molecule has 1 aromatic carbocycles. The first-order valence-electron chi connectivity index (χ1n) is 8.09. The van der Waals surface area contributed by atoms with Crippen LogP contribution in [-0.2, 0) is 16.6 Å². The molecule has 5 heteroatoms. The molecule has 23 heavy (non-hydrogen) atoms. The fraction of sp³-hybridized carbons (Fsp3) is 0.500. The van der Waals surface area contributed by atoms with Crippen molar-refractivity contribution in [3.8, 4) is 11.5 Å². The quantitative estimate of drug-likeness (QED) is 0.853. The molecule has 1 aromatic rings. The molecular weight excluding hydrogens is 294 g/mol. The molecule has 0 radical (unpaired) electrons. The Morgan fingerprint density at radius 3 is 3.04 bits per heavy atom. The maximum Gasteiger partial charge on any atom is 0.200 e. The molecule has 0 amide bonds. The van der Waals surface area contributed by atoms with E-state index in [1.54, 1.807) is 7.11 Å². The van der Waals surface area contributed by atoms with Crippen molar-refractivity contribution < 1.29 is 19.4 Å². The van der Waals surface area contributed by atoms with E-state index in [9.17, 15) is 9.90 Å². The monoisotopic (exact) mass is 313 g/mol. The molecule has 0 saturated carbocycles. The lowest BCUT2D eigenvalue weighted by atomic mass is 9.53. The highest BCUT2D eigenvalue weighted by molar-refractivity contribution is 5.98. The van der Waals surface area contributed by atoms with Gasteiger partial charge in [-0.1, -0.05) is 6.07 Å². The summed E-state index contributed by atoms with van der Waals surface area (Å²) in [5.41, 5.74) is 1.88. The number of aliphatic hydroxyl groups is 1. The van der Waals surface area contributed by atoms with Gasteiger partial charge in [-0.2, -0.15) is 0 Å². The number of methoxy groups -OCH3 is 1. The molecule has 1 fully saturated rings. The molecule has 5 nitrogen and oxygen atoms in total. The highest BCUT2D eigenvalue weighted by Crippen LogP contribution is 2.62. The molecule has 4 atom stereocenters. The summed E-state index contributed by atoms with van der Waals surface area (Å²) >= 11 is 0. The van der Waals surface area contributed by atoms with Crippen molar-refractivity contribution in [2.75, 3.05) is 20.7 Å². The largest absolute Gasteiger partial charge is 0.512 e. The number of carbonyl (C=O) groups is 1. The van der Waals surface area contributed by atoms with E-state index in [-0.39, 0.29) is 23.5 Å². The SMILES string of the molecule is COc1ccc2c3c1O[C@H]1C(=O)C=C(O)[C@H]4[C@@H](C2)N(C)CC[C@]314. The third-order valence-corrected chi connectivity index (χ3v) is 6.28. The van der Waals surface area contributed by atoms with Gasteiger partial charge in [-0.25, -0.2) is 0 Å². The Morgan fingerprint density at radius 1 is 1.43 bits per heavy atom. The average Bonchev–Trinajstić information content (AvgIpc) is 2.88. The third-order valence-electron chi connectivity index (χ3n) is 6.28. The number of piperidine rings is 1. The fourth-order valence-corrected chi connectivity index (χ4v) is 5.35. The van der Waals surface area contributed by atoms with Crippen molar-refractivity contribution in [1.82, 2.24) is 4.90 Å². The zero-order valence-corrected chi connectivity index (χ0v) is 13.2. The Kier molecular flexibility index (Phi) is 2.39. The minimum Gasteiger partial charge on any atom is -0.512 e. The Bertz CT molecular complexity index is 771. The van der Waals surface area contributed by atoms with Gasteiger partial charge in [0.2, 0.25) is 0 Å². The van der Waals surface area contributed by atoms with Crippen LogP contribution in [0.1, 0.15) is 17.5 Å². The van der Waals surface area contributed by atoms with Crippen molar-refractivity contribution in [3.05, 3.63) is 35.1 Å². The lowest BCUT2D eigenvalue weighted by molar-refractivity contribution is -0.129. The van der Waals surface area contributed by atoms with Crippen molar-refractivity contribution in [2.45, 2.75) is 30.4 Å². The first-order valence-corrected chi connectivity index (χ1v) is 8.09. The summed E-state index contributed by atoms with van der Waals surface area (Å²) < 4.78 is 11.6. The second kappa shape index (κ2) is 4.09. The van der Waals surface area contributed by atoms with Gasteiger partial charge in [-0.15, -0.1) is 0 Å². The lowest BCUT2D eigenvalue weighted by Crippen LogP contribution is -2.65. The molecule has 2 heterocycles. The minimum atomic E-state index is -0.537. The van der Waals surface area contributed by atoms with E-state index in [0.29, 0.717) is 11.5 Å². The summed E-state index contributed by atoms with van der Waals surface area (Å²) in [7, 11) is 3.72. The summed E-state index contributed by atoms with van der Waals surface area (Å²) in [6, 6.07) is 4.22. The number of likely N-dealkylation sites (N-methyl/N-ethyl adjacent to an activating group) is 1. The maximum atomic E-state index is 12.6. The first kappa shape index (κ1) is 13.4. The van der Waals surface area contributed by atoms with E-state index < -0.39 is 11.5 Å². The normalized spacial score (nSPS) is 37.0. The summed E-state index contributed by atoms with van der Waals surface area (Å²) in [6.07, 6.45) is 2.51. The van der Waals surface area contributed by atoms with Crippen LogP contribution in [0.5, 0.6) is 11.5 Å². The Labute approximate surface area is 134 Å². The predicted octanol–water partition coefficient (Wildman–Crippen LogP) is 1.59. The van der Waals surface area contributed by atoms with Crippen molar-refractivity contribution in [1.29, 1.82) is 0 Å². The lowest BCUT2D eigenvalue weighted by Gasteiger charge is -2.55. The van der Waals surface area contributed by atoms with E-state index in [2.05, 4.69) is 18.0 Å². The number of hydrogen-bond donors (Lipinski definition) is 1. The van der Waals surface area contributed by atoms with Crippen LogP contribution in [0.25, 0.3) is 0 Å². The zero-order chi connectivity index (χ0) is 15.9. The van der Waals surface area contributed by atoms with Crippen LogP contribution in [0.2, 0.25) is 0 Å². The molecule has 2 aliphatic heterocycles. The second-order valence-electron chi connectivity index (χ2n) is 7.12. The van der Waals surface area contributed by atoms with Crippen molar-refractivity contribution >= 4 is 5.78 Å². The van der Waals surface area contributed by atoms with E-state index in [1.807, 2.05) is 6.07 Å². The number of aliphatic hydroxyl groups excluding tert-OH is 1. The Balaban J connectivity index is 1.85. The van der Waals surface area contributed by atoms with Crippen LogP contribution in [0.15, 0.2) is 24.0 Å². The van der Waals surface area contributed by atoms with Gasteiger partial charge in [0.25, 0.3) is 0 Å². The molecule has 0 unspecified atom stereocenters. The molecule has 120 valence electrons. The number of ether oxygens (including phenoxy) is 2. The molecule has 4 aliphatic rings.